The number of aromatic nitrogens is 1. The van der Waals surface area contributed by atoms with E-state index in [2.05, 4.69) is 10.3 Å². The number of aryl methyl sites for hydroxylation is 1. The van der Waals surface area contributed by atoms with Gasteiger partial charge in [-0.15, -0.1) is 0 Å². The molecular formula is C28H32N2O4. The predicted octanol–water partition coefficient (Wildman–Crippen LogP) is 5.76. The normalized spacial score (nSPS) is 11.1. The highest BCUT2D eigenvalue weighted by Crippen LogP contribution is 2.34. The predicted molar refractivity (Wildman–Crippen MR) is 134 cm³/mol. The topological polar surface area (TPSA) is 77.5 Å². The number of methoxy groups -OCH3 is 1. The fourth-order valence-corrected chi connectivity index (χ4v) is 3.59. The zero-order valence-corrected chi connectivity index (χ0v) is 20.7. The van der Waals surface area contributed by atoms with Crippen molar-refractivity contribution in [1.82, 2.24) is 4.98 Å². The first kappa shape index (κ1) is 25.0. The number of nitrogens with zero attached hydrogens (tertiary/aromatic N) is 1. The van der Waals surface area contributed by atoms with Gasteiger partial charge in [0.1, 0.15) is 18.0 Å². The van der Waals surface area contributed by atoms with Gasteiger partial charge in [-0.1, -0.05) is 64.1 Å². The number of hydrogen-bond acceptors (Lipinski definition) is 5. The van der Waals surface area contributed by atoms with Crippen molar-refractivity contribution >= 4 is 17.4 Å². The molecule has 178 valence electrons. The maximum absolute atomic E-state index is 13.8. The molecule has 1 amide bonds. The molecule has 0 unspecified atom stereocenters. The standard InChI is InChI=1S/C28H32N2O4/c1-7-22-18(2)29-26(33-6)24(30-27(32)28(3,4)5)23(22)25(31)20-13-11-12-19(16-20)17-34-21-14-9-8-10-15-21/h8-16H,7,17H2,1-6H3,(H,30,32). The second-order valence-corrected chi connectivity index (χ2v) is 9.12. The molecule has 6 nitrogen and oxygen atoms in total. The summed E-state index contributed by atoms with van der Waals surface area (Å²) in [7, 11) is 1.48. The Morgan fingerprint density at radius 3 is 2.35 bits per heavy atom. The minimum Gasteiger partial charge on any atom is -0.489 e. The second-order valence-electron chi connectivity index (χ2n) is 9.12. The van der Waals surface area contributed by atoms with Crippen LogP contribution in [0.5, 0.6) is 11.6 Å². The maximum atomic E-state index is 13.8. The molecule has 0 fully saturated rings. The molecule has 0 saturated heterocycles. The molecule has 0 saturated carbocycles. The van der Waals surface area contributed by atoms with Crippen LogP contribution < -0.4 is 14.8 Å². The summed E-state index contributed by atoms with van der Waals surface area (Å²) in [6.45, 7) is 9.58. The first-order valence-corrected chi connectivity index (χ1v) is 11.4. The van der Waals surface area contributed by atoms with Gasteiger partial charge >= 0.3 is 0 Å². The summed E-state index contributed by atoms with van der Waals surface area (Å²) < 4.78 is 11.3. The van der Waals surface area contributed by atoms with E-state index in [0.717, 1.165) is 16.9 Å². The summed E-state index contributed by atoms with van der Waals surface area (Å²) in [5, 5.41) is 2.91. The summed E-state index contributed by atoms with van der Waals surface area (Å²) in [6.07, 6.45) is 0.582. The van der Waals surface area contributed by atoms with Crippen LogP contribution in [0, 0.1) is 12.3 Å². The third kappa shape index (κ3) is 5.63. The van der Waals surface area contributed by atoms with Crippen molar-refractivity contribution in [1.29, 1.82) is 0 Å². The molecule has 2 aromatic carbocycles. The smallest absolute Gasteiger partial charge is 0.238 e. The molecule has 0 aliphatic carbocycles. The first-order valence-electron chi connectivity index (χ1n) is 11.4. The molecule has 1 aromatic heterocycles. The number of pyridine rings is 1. The molecule has 6 heteroatoms. The van der Waals surface area contributed by atoms with Crippen molar-refractivity contribution in [3.63, 3.8) is 0 Å². The monoisotopic (exact) mass is 460 g/mol. The van der Waals surface area contributed by atoms with E-state index >= 15 is 0 Å². The lowest BCUT2D eigenvalue weighted by molar-refractivity contribution is -0.123. The first-order chi connectivity index (χ1) is 16.2. The number of rotatable bonds is 8. The molecule has 0 radical (unpaired) electrons. The van der Waals surface area contributed by atoms with Crippen molar-refractivity contribution in [3.05, 3.63) is 82.5 Å². The lowest BCUT2D eigenvalue weighted by Gasteiger charge is -2.22. The fraction of sp³-hybridized carbons (Fsp3) is 0.321. The third-order valence-corrected chi connectivity index (χ3v) is 5.50. The van der Waals surface area contributed by atoms with Crippen molar-refractivity contribution < 1.29 is 19.1 Å². The van der Waals surface area contributed by atoms with E-state index in [1.165, 1.54) is 7.11 Å². The molecular weight excluding hydrogens is 428 g/mol. The van der Waals surface area contributed by atoms with Crippen LogP contribution in [0.1, 0.15) is 60.4 Å². The van der Waals surface area contributed by atoms with E-state index < -0.39 is 5.41 Å². The molecule has 34 heavy (non-hydrogen) atoms. The molecule has 1 heterocycles. The van der Waals surface area contributed by atoms with Crippen molar-refractivity contribution in [3.8, 4) is 11.6 Å². The van der Waals surface area contributed by atoms with Crippen LogP contribution in [0.4, 0.5) is 5.69 Å². The number of nitrogens with one attached hydrogen (secondary N) is 1. The van der Waals surface area contributed by atoms with Crippen molar-refractivity contribution in [2.45, 2.75) is 47.6 Å². The molecule has 3 rings (SSSR count). The summed E-state index contributed by atoms with van der Waals surface area (Å²) in [4.78, 5) is 31.2. The number of ketones is 1. The molecule has 0 bridgehead atoms. The molecule has 0 atom stereocenters. The van der Waals surface area contributed by atoms with E-state index in [-0.39, 0.29) is 17.6 Å². The van der Waals surface area contributed by atoms with Gasteiger partial charge in [0.25, 0.3) is 0 Å². The number of benzene rings is 2. The summed E-state index contributed by atoms with van der Waals surface area (Å²) in [6, 6.07) is 16.9. The third-order valence-electron chi connectivity index (χ3n) is 5.50. The summed E-state index contributed by atoms with van der Waals surface area (Å²) in [5.41, 5.74) is 2.90. The van der Waals surface area contributed by atoms with Gasteiger partial charge in [0.05, 0.1) is 12.7 Å². The van der Waals surface area contributed by atoms with Crippen molar-refractivity contribution in [2.75, 3.05) is 12.4 Å². The summed E-state index contributed by atoms with van der Waals surface area (Å²) in [5.74, 6) is 0.553. The van der Waals surface area contributed by atoms with E-state index in [4.69, 9.17) is 9.47 Å². The number of carbonyl (C=O) groups is 2. The Morgan fingerprint density at radius 2 is 1.74 bits per heavy atom. The Kier molecular flexibility index (Phi) is 7.72. The van der Waals surface area contributed by atoms with Crippen LogP contribution in [-0.2, 0) is 17.8 Å². The largest absolute Gasteiger partial charge is 0.489 e. The number of ether oxygens (including phenoxy) is 2. The van der Waals surface area contributed by atoms with Crippen LogP contribution in [-0.4, -0.2) is 23.8 Å². The van der Waals surface area contributed by atoms with Crippen LogP contribution in [0.3, 0.4) is 0 Å². The number of carbonyl (C=O) groups excluding carboxylic acids is 2. The Balaban J connectivity index is 2.03. The van der Waals surface area contributed by atoms with Gasteiger partial charge in [-0.3, -0.25) is 9.59 Å². The average Bonchev–Trinajstić information content (AvgIpc) is 2.83. The molecule has 3 aromatic rings. The number of amides is 1. The van der Waals surface area contributed by atoms with E-state index in [0.29, 0.717) is 35.5 Å². The van der Waals surface area contributed by atoms with E-state index in [9.17, 15) is 9.59 Å². The highest BCUT2D eigenvalue weighted by atomic mass is 16.5. The van der Waals surface area contributed by atoms with Gasteiger partial charge in [-0.2, -0.15) is 0 Å². The Hall–Kier alpha value is -3.67. The molecule has 0 aliphatic rings. The maximum Gasteiger partial charge on any atom is 0.238 e. The zero-order chi connectivity index (χ0) is 24.9. The van der Waals surface area contributed by atoms with E-state index in [1.54, 1.807) is 6.07 Å². The SMILES string of the molecule is CCc1c(C)nc(OC)c(NC(=O)C(C)(C)C)c1C(=O)c1cccc(COc2ccccc2)c1. The quantitative estimate of drug-likeness (QED) is 0.433. The van der Waals surface area contributed by atoms with Crippen LogP contribution in [0.25, 0.3) is 0 Å². The molecule has 1 N–H and O–H groups in total. The van der Waals surface area contributed by atoms with Gasteiger partial charge in [-0.25, -0.2) is 4.98 Å². The van der Waals surface area contributed by atoms with Gasteiger partial charge in [0.15, 0.2) is 5.78 Å². The lowest BCUT2D eigenvalue weighted by Crippen LogP contribution is -2.29. The molecule has 0 spiro atoms. The highest BCUT2D eigenvalue weighted by molar-refractivity contribution is 6.16. The Bertz CT molecular complexity index is 1180. The minimum absolute atomic E-state index is 0.202. The lowest BCUT2D eigenvalue weighted by atomic mass is 9.92. The van der Waals surface area contributed by atoms with Crippen LogP contribution >= 0.6 is 0 Å². The van der Waals surface area contributed by atoms with Crippen LogP contribution in [0.2, 0.25) is 0 Å². The summed E-state index contributed by atoms with van der Waals surface area (Å²) >= 11 is 0. The Morgan fingerprint density at radius 1 is 1.03 bits per heavy atom. The number of para-hydroxylation sites is 1. The van der Waals surface area contributed by atoms with Gasteiger partial charge in [-0.05, 0) is 42.7 Å². The van der Waals surface area contributed by atoms with Gasteiger partial charge in [0, 0.05) is 16.7 Å². The van der Waals surface area contributed by atoms with E-state index in [1.807, 2.05) is 83.1 Å². The zero-order valence-electron chi connectivity index (χ0n) is 20.7. The van der Waals surface area contributed by atoms with Gasteiger partial charge in [0.2, 0.25) is 11.8 Å². The second kappa shape index (κ2) is 10.5. The van der Waals surface area contributed by atoms with Crippen LogP contribution in [0.15, 0.2) is 54.6 Å². The fourth-order valence-electron chi connectivity index (χ4n) is 3.59. The van der Waals surface area contributed by atoms with Gasteiger partial charge < -0.3 is 14.8 Å². The molecule has 0 aliphatic heterocycles. The van der Waals surface area contributed by atoms with Crippen molar-refractivity contribution in [2.24, 2.45) is 5.41 Å². The number of anilines is 1. The Labute approximate surface area is 201 Å². The number of hydrogen-bond donors (Lipinski definition) is 1. The minimum atomic E-state index is -0.655. The average molecular weight is 461 g/mol. The highest BCUT2D eigenvalue weighted by Gasteiger charge is 2.29.